The Bertz CT molecular complexity index is 247. The van der Waals surface area contributed by atoms with Gasteiger partial charge in [0, 0.05) is 13.1 Å². The number of ether oxygens (including phenoxy) is 1. The third kappa shape index (κ3) is 4.12. The van der Waals surface area contributed by atoms with Gasteiger partial charge < -0.3 is 15.0 Å². The van der Waals surface area contributed by atoms with E-state index in [0.717, 1.165) is 38.5 Å². The summed E-state index contributed by atoms with van der Waals surface area (Å²) in [5.74, 6) is 1.44. The first-order valence-corrected chi connectivity index (χ1v) is 6.12. The highest BCUT2D eigenvalue weighted by atomic mass is 19.4. The minimum atomic E-state index is -4.21. The molecule has 0 saturated carbocycles. The molecule has 2 fully saturated rings. The highest BCUT2D eigenvalue weighted by Gasteiger charge is 2.32. The molecular formula is C11H19F3N2O. The normalized spacial score (nSPS) is 30.5. The van der Waals surface area contributed by atoms with E-state index in [1.165, 1.54) is 0 Å². The van der Waals surface area contributed by atoms with Crippen LogP contribution in [0.25, 0.3) is 0 Å². The maximum absolute atomic E-state index is 11.9. The highest BCUT2D eigenvalue weighted by molar-refractivity contribution is 4.87. The molecule has 17 heavy (non-hydrogen) atoms. The number of piperidine rings is 1. The van der Waals surface area contributed by atoms with Gasteiger partial charge in [0.25, 0.3) is 0 Å². The quantitative estimate of drug-likeness (QED) is 0.758. The van der Waals surface area contributed by atoms with E-state index in [1.807, 2.05) is 0 Å². The van der Waals surface area contributed by atoms with Crippen molar-refractivity contribution in [3.63, 3.8) is 0 Å². The lowest BCUT2D eigenvalue weighted by atomic mass is 9.89. The number of likely N-dealkylation sites (tertiary alicyclic amines) is 1. The van der Waals surface area contributed by atoms with Crippen molar-refractivity contribution in [2.75, 3.05) is 45.9 Å². The lowest BCUT2D eigenvalue weighted by molar-refractivity contribution is -0.174. The summed E-state index contributed by atoms with van der Waals surface area (Å²) in [6.07, 6.45) is -3.06. The van der Waals surface area contributed by atoms with Crippen LogP contribution in [0.5, 0.6) is 0 Å². The smallest absolute Gasteiger partial charge is 0.371 e. The van der Waals surface area contributed by atoms with Crippen LogP contribution in [0.2, 0.25) is 0 Å². The Morgan fingerprint density at radius 1 is 1.24 bits per heavy atom. The first-order chi connectivity index (χ1) is 8.04. The van der Waals surface area contributed by atoms with Crippen molar-refractivity contribution >= 4 is 0 Å². The molecule has 2 unspecified atom stereocenters. The highest BCUT2D eigenvalue weighted by Crippen LogP contribution is 2.26. The van der Waals surface area contributed by atoms with Crippen LogP contribution in [-0.4, -0.2) is 57.0 Å². The van der Waals surface area contributed by atoms with Gasteiger partial charge >= 0.3 is 6.18 Å². The van der Waals surface area contributed by atoms with E-state index >= 15 is 0 Å². The van der Waals surface area contributed by atoms with Crippen molar-refractivity contribution < 1.29 is 17.9 Å². The third-order valence-electron chi connectivity index (χ3n) is 3.61. The Balaban J connectivity index is 1.60. The average molecular weight is 252 g/mol. The van der Waals surface area contributed by atoms with Gasteiger partial charge in [-0.1, -0.05) is 0 Å². The first kappa shape index (κ1) is 13.1. The standard InChI is InChI=1S/C11H19F3N2O/c12-11(13,14)8-17-4-3-16-2-1-9-5-15-6-10(9)7-16/h9-10,15H,1-8H2. The van der Waals surface area contributed by atoms with Gasteiger partial charge in [0.2, 0.25) is 0 Å². The monoisotopic (exact) mass is 252 g/mol. The number of hydrogen-bond donors (Lipinski definition) is 1. The van der Waals surface area contributed by atoms with Crippen LogP contribution in [-0.2, 0) is 4.74 Å². The lowest BCUT2D eigenvalue weighted by Gasteiger charge is -2.34. The minimum absolute atomic E-state index is 0.171. The predicted molar refractivity (Wildman–Crippen MR) is 57.8 cm³/mol. The van der Waals surface area contributed by atoms with Crippen LogP contribution in [0.15, 0.2) is 0 Å². The van der Waals surface area contributed by atoms with Gasteiger partial charge in [-0.05, 0) is 37.9 Å². The number of fused-ring (bicyclic) bond motifs is 1. The van der Waals surface area contributed by atoms with Crippen molar-refractivity contribution in [3.8, 4) is 0 Å². The summed E-state index contributed by atoms with van der Waals surface area (Å²) in [5.41, 5.74) is 0. The maximum Gasteiger partial charge on any atom is 0.411 e. The van der Waals surface area contributed by atoms with Gasteiger partial charge in [-0.25, -0.2) is 0 Å². The molecule has 6 heteroatoms. The summed E-state index contributed by atoms with van der Waals surface area (Å²) in [6.45, 7) is 3.77. The molecule has 0 amide bonds. The van der Waals surface area contributed by atoms with E-state index in [0.29, 0.717) is 12.5 Å². The van der Waals surface area contributed by atoms with Crippen molar-refractivity contribution in [1.29, 1.82) is 0 Å². The third-order valence-corrected chi connectivity index (χ3v) is 3.61. The van der Waals surface area contributed by atoms with Crippen LogP contribution in [0.4, 0.5) is 13.2 Å². The largest absolute Gasteiger partial charge is 0.411 e. The molecule has 100 valence electrons. The molecule has 2 atom stereocenters. The predicted octanol–water partition coefficient (Wildman–Crippen LogP) is 1.11. The number of halogens is 3. The van der Waals surface area contributed by atoms with Crippen molar-refractivity contribution in [1.82, 2.24) is 10.2 Å². The molecule has 0 aliphatic carbocycles. The van der Waals surface area contributed by atoms with E-state index < -0.39 is 12.8 Å². The summed E-state index contributed by atoms with van der Waals surface area (Å²) in [7, 11) is 0. The first-order valence-electron chi connectivity index (χ1n) is 6.12. The summed E-state index contributed by atoms with van der Waals surface area (Å²) < 4.78 is 40.2. The van der Waals surface area contributed by atoms with Gasteiger partial charge in [-0.2, -0.15) is 13.2 Å². The summed E-state index contributed by atoms with van der Waals surface area (Å²) in [4.78, 5) is 2.21. The molecule has 0 aromatic heterocycles. The Morgan fingerprint density at radius 3 is 2.76 bits per heavy atom. The van der Waals surface area contributed by atoms with Gasteiger partial charge in [-0.15, -0.1) is 0 Å². The van der Waals surface area contributed by atoms with E-state index in [1.54, 1.807) is 0 Å². The van der Waals surface area contributed by atoms with Crippen molar-refractivity contribution in [3.05, 3.63) is 0 Å². The fourth-order valence-corrected chi connectivity index (χ4v) is 2.69. The second kappa shape index (κ2) is 5.54. The summed E-state index contributed by atoms with van der Waals surface area (Å²) >= 11 is 0. The number of alkyl halides is 3. The fraction of sp³-hybridized carbons (Fsp3) is 1.00. The molecule has 0 radical (unpaired) electrons. The molecule has 0 aromatic carbocycles. The number of nitrogens with one attached hydrogen (secondary N) is 1. The summed E-state index contributed by atoms with van der Waals surface area (Å²) in [5, 5.41) is 3.37. The van der Waals surface area contributed by atoms with Gasteiger partial charge in [0.1, 0.15) is 6.61 Å². The SMILES string of the molecule is FC(F)(F)COCCN1CCC2CNCC2C1. The summed E-state index contributed by atoms with van der Waals surface area (Å²) in [6, 6.07) is 0. The number of nitrogens with zero attached hydrogens (tertiary/aromatic N) is 1. The van der Waals surface area contributed by atoms with Crippen molar-refractivity contribution in [2.45, 2.75) is 12.6 Å². The average Bonchev–Trinajstić information content (AvgIpc) is 2.70. The molecule has 0 bridgehead atoms. The molecule has 2 rings (SSSR count). The van der Waals surface area contributed by atoms with E-state index in [2.05, 4.69) is 15.0 Å². The van der Waals surface area contributed by atoms with Crippen LogP contribution in [0, 0.1) is 11.8 Å². The Hall–Kier alpha value is -0.330. The van der Waals surface area contributed by atoms with Crippen LogP contribution < -0.4 is 5.32 Å². The molecule has 2 saturated heterocycles. The zero-order chi connectivity index (χ0) is 12.3. The second-order valence-corrected chi connectivity index (χ2v) is 4.94. The van der Waals surface area contributed by atoms with E-state index in [4.69, 9.17) is 0 Å². The Labute approximate surface area is 99.3 Å². The maximum atomic E-state index is 11.9. The van der Waals surface area contributed by atoms with Gasteiger partial charge in [0.15, 0.2) is 0 Å². The number of hydrogen-bond acceptors (Lipinski definition) is 3. The topological polar surface area (TPSA) is 24.5 Å². The Kier molecular flexibility index (Phi) is 4.27. The molecular weight excluding hydrogens is 233 g/mol. The molecule has 3 nitrogen and oxygen atoms in total. The molecule has 2 aliphatic rings. The van der Waals surface area contributed by atoms with E-state index in [-0.39, 0.29) is 6.61 Å². The van der Waals surface area contributed by atoms with E-state index in [9.17, 15) is 13.2 Å². The zero-order valence-corrected chi connectivity index (χ0v) is 9.80. The van der Waals surface area contributed by atoms with Crippen molar-refractivity contribution in [2.24, 2.45) is 11.8 Å². The molecule has 2 heterocycles. The van der Waals surface area contributed by atoms with Crippen LogP contribution >= 0.6 is 0 Å². The second-order valence-electron chi connectivity index (χ2n) is 4.94. The molecule has 0 spiro atoms. The Morgan fingerprint density at radius 2 is 2.00 bits per heavy atom. The lowest BCUT2D eigenvalue weighted by Crippen LogP contribution is -2.41. The van der Waals surface area contributed by atoms with Crippen LogP contribution in [0.3, 0.4) is 0 Å². The minimum Gasteiger partial charge on any atom is -0.371 e. The molecule has 1 N–H and O–H groups in total. The number of rotatable bonds is 4. The fourth-order valence-electron chi connectivity index (χ4n) is 2.69. The van der Waals surface area contributed by atoms with Gasteiger partial charge in [0.05, 0.1) is 6.61 Å². The molecule has 2 aliphatic heterocycles. The zero-order valence-electron chi connectivity index (χ0n) is 9.80. The van der Waals surface area contributed by atoms with Crippen LogP contribution in [0.1, 0.15) is 6.42 Å². The molecule has 0 aromatic rings. The van der Waals surface area contributed by atoms with Gasteiger partial charge in [-0.3, -0.25) is 0 Å².